The Morgan fingerprint density at radius 1 is 1.35 bits per heavy atom. The van der Waals surface area contributed by atoms with Gasteiger partial charge in [-0.05, 0) is 19.1 Å². The molecule has 0 spiro atoms. The summed E-state index contributed by atoms with van der Waals surface area (Å²) in [6.07, 6.45) is 8.96. The van der Waals surface area contributed by atoms with E-state index < -0.39 is 5.54 Å². The first-order valence-electron chi connectivity index (χ1n) is 6.20. The zero-order valence-corrected chi connectivity index (χ0v) is 12.1. The Hall–Kier alpha value is -0.290. The maximum Gasteiger partial charge on any atom is 0.221 e. The molecule has 1 aliphatic rings. The largest absolute Gasteiger partial charge is 0.391 e. The summed E-state index contributed by atoms with van der Waals surface area (Å²) in [7, 11) is 0. The number of thioether (sulfide) groups is 1. The Labute approximate surface area is 113 Å². The standard InChI is InChI=1S/C12H22N2OS2/c1-17-9-6-10(15)14-12(11(13)16)7-4-2-3-5-8-12/h2-9H2,1H3,(H2,13,16)(H,14,15). The molecule has 1 saturated carbocycles. The summed E-state index contributed by atoms with van der Waals surface area (Å²) < 4.78 is 0. The van der Waals surface area contributed by atoms with E-state index in [1.54, 1.807) is 11.8 Å². The van der Waals surface area contributed by atoms with Gasteiger partial charge < -0.3 is 11.1 Å². The quantitative estimate of drug-likeness (QED) is 0.596. The minimum absolute atomic E-state index is 0.0778. The van der Waals surface area contributed by atoms with E-state index in [2.05, 4.69) is 5.32 Å². The molecular weight excluding hydrogens is 252 g/mol. The number of carbonyl (C=O) groups excluding carboxylic acids is 1. The third-order valence-corrected chi connectivity index (χ3v) is 4.34. The Morgan fingerprint density at radius 2 is 1.94 bits per heavy atom. The van der Waals surface area contributed by atoms with Crippen LogP contribution in [0.15, 0.2) is 0 Å². The van der Waals surface area contributed by atoms with Crippen LogP contribution in [0.4, 0.5) is 0 Å². The minimum atomic E-state index is -0.415. The molecule has 3 N–H and O–H groups in total. The molecule has 1 fully saturated rings. The lowest BCUT2D eigenvalue weighted by atomic mass is 9.90. The topological polar surface area (TPSA) is 55.1 Å². The van der Waals surface area contributed by atoms with Gasteiger partial charge in [0.2, 0.25) is 5.91 Å². The van der Waals surface area contributed by atoms with Crippen molar-refractivity contribution in [1.82, 2.24) is 5.32 Å². The molecule has 0 radical (unpaired) electrons. The summed E-state index contributed by atoms with van der Waals surface area (Å²) >= 11 is 6.86. The molecule has 0 aromatic rings. The van der Waals surface area contributed by atoms with Gasteiger partial charge in [0.05, 0.1) is 10.5 Å². The number of carbonyl (C=O) groups is 1. The molecule has 98 valence electrons. The van der Waals surface area contributed by atoms with Gasteiger partial charge in [-0.1, -0.05) is 37.9 Å². The summed E-state index contributed by atoms with van der Waals surface area (Å²) in [5.74, 6) is 0.924. The van der Waals surface area contributed by atoms with Crippen molar-refractivity contribution >= 4 is 34.9 Å². The summed E-state index contributed by atoms with van der Waals surface area (Å²) in [4.78, 5) is 12.3. The predicted molar refractivity (Wildman–Crippen MR) is 78.4 cm³/mol. The Kier molecular flexibility index (Phi) is 6.27. The fourth-order valence-electron chi connectivity index (χ4n) is 2.29. The van der Waals surface area contributed by atoms with E-state index in [1.165, 1.54) is 12.8 Å². The molecule has 0 saturated heterocycles. The van der Waals surface area contributed by atoms with Crippen LogP contribution in [0.25, 0.3) is 0 Å². The smallest absolute Gasteiger partial charge is 0.221 e. The van der Waals surface area contributed by atoms with Crippen molar-refractivity contribution in [2.45, 2.75) is 50.5 Å². The number of thiocarbonyl (C=S) groups is 1. The molecule has 1 rings (SSSR count). The molecule has 3 nitrogen and oxygen atoms in total. The van der Waals surface area contributed by atoms with Crippen molar-refractivity contribution in [3.8, 4) is 0 Å². The second kappa shape index (κ2) is 7.21. The third kappa shape index (κ3) is 4.47. The van der Waals surface area contributed by atoms with Gasteiger partial charge in [-0.3, -0.25) is 4.79 Å². The zero-order valence-electron chi connectivity index (χ0n) is 10.5. The van der Waals surface area contributed by atoms with Gasteiger partial charge in [-0.2, -0.15) is 11.8 Å². The van der Waals surface area contributed by atoms with Crippen molar-refractivity contribution in [2.24, 2.45) is 5.73 Å². The molecule has 0 unspecified atom stereocenters. The van der Waals surface area contributed by atoms with Crippen LogP contribution in [0, 0.1) is 0 Å². The molecule has 0 aromatic heterocycles. The molecule has 1 amide bonds. The van der Waals surface area contributed by atoms with E-state index in [-0.39, 0.29) is 5.91 Å². The first-order valence-corrected chi connectivity index (χ1v) is 8.01. The van der Waals surface area contributed by atoms with E-state index in [1.807, 2.05) is 6.26 Å². The molecule has 0 bridgehead atoms. The van der Waals surface area contributed by atoms with Crippen LogP contribution in [0.3, 0.4) is 0 Å². The monoisotopic (exact) mass is 274 g/mol. The molecular formula is C12H22N2OS2. The van der Waals surface area contributed by atoms with E-state index in [4.69, 9.17) is 18.0 Å². The van der Waals surface area contributed by atoms with Crippen molar-refractivity contribution in [3.05, 3.63) is 0 Å². The van der Waals surface area contributed by atoms with Gasteiger partial charge in [0.1, 0.15) is 0 Å². The van der Waals surface area contributed by atoms with E-state index in [0.717, 1.165) is 31.4 Å². The normalized spacial score (nSPS) is 19.4. The number of nitrogens with two attached hydrogens (primary N) is 1. The average molecular weight is 274 g/mol. The average Bonchev–Trinajstić information content (AvgIpc) is 2.53. The molecule has 0 heterocycles. The lowest BCUT2D eigenvalue weighted by Crippen LogP contribution is -2.56. The van der Waals surface area contributed by atoms with E-state index in [9.17, 15) is 4.79 Å². The van der Waals surface area contributed by atoms with Crippen LogP contribution in [0.5, 0.6) is 0 Å². The highest BCUT2D eigenvalue weighted by atomic mass is 32.2. The van der Waals surface area contributed by atoms with E-state index in [0.29, 0.717) is 11.4 Å². The van der Waals surface area contributed by atoms with Gasteiger partial charge >= 0.3 is 0 Å². The molecule has 17 heavy (non-hydrogen) atoms. The van der Waals surface area contributed by atoms with Crippen LogP contribution in [0.1, 0.15) is 44.9 Å². The van der Waals surface area contributed by atoms with Crippen molar-refractivity contribution in [1.29, 1.82) is 0 Å². The molecule has 0 atom stereocenters. The third-order valence-electron chi connectivity index (χ3n) is 3.34. The molecule has 0 aliphatic heterocycles. The van der Waals surface area contributed by atoms with Crippen LogP contribution < -0.4 is 11.1 Å². The van der Waals surface area contributed by atoms with Crippen molar-refractivity contribution in [2.75, 3.05) is 12.0 Å². The van der Waals surface area contributed by atoms with Gasteiger partial charge in [0.15, 0.2) is 0 Å². The summed E-state index contributed by atoms with van der Waals surface area (Å²) in [5.41, 5.74) is 5.44. The van der Waals surface area contributed by atoms with Crippen LogP contribution in [-0.4, -0.2) is 28.4 Å². The minimum Gasteiger partial charge on any atom is -0.391 e. The number of amides is 1. The zero-order chi connectivity index (χ0) is 12.7. The van der Waals surface area contributed by atoms with E-state index >= 15 is 0 Å². The first-order chi connectivity index (χ1) is 8.10. The summed E-state index contributed by atoms with van der Waals surface area (Å²) in [5, 5.41) is 3.09. The summed E-state index contributed by atoms with van der Waals surface area (Å²) in [6, 6.07) is 0. The first kappa shape index (κ1) is 14.8. The Balaban J connectivity index is 2.63. The lowest BCUT2D eigenvalue weighted by Gasteiger charge is -2.32. The number of hydrogen-bond acceptors (Lipinski definition) is 3. The van der Waals surface area contributed by atoms with Crippen LogP contribution in [0.2, 0.25) is 0 Å². The van der Waals surface area contributed by atoms with Gasteiger partial charge in [0, 0.05) is 12.2 Å². The fourth-order valence-corrected chi connectivity index (χ4v) is 2.93. The molecule has 0 aromatic carbocycles. The highest BCUT2D eigenvalue weighted by Crippen LogP contribution is 2.27. The second-order valence-electron chi connectivity index (χ2n) is 4.65. The van der Waals surface area contributed by atoms with Gasteiger partial charge in [-0.25, -0.2) is 0 Å². The van der Waals surface area contributed by atoms with Crippen LogP contribution >= 0.6 is 24.0 Å². The molecule has 1 aliphatic carbocycles. The highest BCUT2D eigenvalue weighted by molar-refractivity contribution is 7.98. The maximum atomic E-state index is 11.9. The predicted octanol–water partition coefficient (Wildman–Crippen LogP) is 2.23. The Bertz CT molecular complexity index is 274. The highest BCUT2D eigenvalue weighted by Gasteiger charge is 2.35. The second-order valence-corrected chi connectivity index (χ2v) is 6.08. The van der Waals surface area contributed by atoms with Gasteiger partial charge in [0.25, 0.3) is 0 Å². The number of hydrogen-bond donors (Lipinski definition) is 2. The lowest BCUT2D eigenvalue weighted by molar-refractivity contribution is -0.122. The SMILES string of the molecule is CSCCC(=O)NC1(C(N)=S)CCCCCC1. The summed E-state index contributed by atoms with van der Waals surface area (Å²) in [6.45, 7) is 0. The fraction of sp³-hybridized carbons (Fsp3) is 0.833. The Morgan fingerprint density at radius 3 is 2.41 bits per heavy atom. The number of nitrogens with one attached hydrogen (secondary N) is 1. The molecule has 5 heteroatoms. The van der Waals surface area contributed by atoms with Crippen molar-refractivity contribution in [3.63, 3.8) is 0 Å². The number of rotatable bonds is 5. The van der Waals surface area contributed by atoms with Gasteiger partial charge in [-0.15, -0.1) is 0 Å². The van der Waals surface area contributed by atoms with Crippen LogP contribution in [-0.2, 0) is 4.79 Å². The van der Waals surface area contributed by atoms with Crippen molar-refractivity contribution < 1.29 is 4.79 Å². The maximum absolute atomic E-state index is 11.9.